The molecule has 3 nitrogen and oxygen atoms in total. The summed E-state index contributed by atoms with van der Waals surface area (Å²) in [6.07, 6.45) is 7.23. The van der Waals surface area contributed by atoms with Crippen LogP contribution in [-0.2, 0) is 4.79 Å². The first-order chi connectivity index (χ1) is 7.69. The summed E-state index contributed by atoms with van der Waals surface area (Å²) >= 11 is 0. The molecular weight excluding hydrogens is 202 g/mol. The molecule has 0 aromatic rings. The maximum atomic E-state index is 11.9. The normalized spacial score (nSPS) is 18.7. The van der Waals surface area contributed by atoms with Crippen molar-refractivity contribution in [2.24, 2.45) is 11.8 Å². The highest BCUT2D eigenvalue weighted by Gasteiger charge is 2.21. The lowest BCUT2D eigenvalue weighted by atomic mass is 10.0. The third kappa shape index (κ3) is 3.78. The van der Waals surface area contributed by atoms with E-state index in [1.165, 1.54) is 25.7 Å². The van der Waals surface area contributed by atoms with Gasteiger partial charge in [0.2, 0.25) is 5.91 Å². The van der Waals surface area contributed by atoms with E-state index in [4.69, 9.17) is 5.11 Å². The predicted molar refractivity (Wildman–Crippen MR) is 65.1 cm³/mol. The van der Waals surface area contributed by atoms with E-state index in [2.05, 4.69) is 0 Å². The van der Waals surface area contributed by atoms with Gasteiger partial charge in [-0.05, 0) is 18.8 Å². The van der Waals surface area contributed by atoms with Crippen LogP contribution in [0.2, 0.25) is 0 Å². The summed E-state index contributed by atoms with van der Waals surface area (Å²) in [5.41, 5.74) is 0. The Morgan fingerprint density at radius 2 is 2.06 bits per heavy atom. The largest absolute Gasteiger partial charge is 0.396 e. The second-order valence-electron chi connectivity index (χ2n) is 4.99. The molecule has 1 saturated carbocycles. The molecule has 1 N–H and O–H groups in total. The van der Waals surface area contributed by atoms with Crippen molar-refractivity contribution in [1.29, 1.82) is 0 Å². The van der Waals surface area contributed by atoms with Crippen molar-refractivity contribution in [2.45, 2.75) is 45.4 Å². The molecule has 1 unspecified atom stereocenters. The average Bonchev–Trinajstić information content (AvgIpc) is 2.80. The van der Waals surface area contributed by atoms with Crippen molar-refractivity contribution in [3.05, 3.63) is 0 Å². The van der Waals surface area contributed by atoms with Crippen LogP contribution in [0, 0.1) is 11.8 Å². The molecule has 1 rings (SSSR count). The van der Waals surface area contributed by atoms with E-state index in [9.17, 15) is 4.79 Å². The average molecular weight is 227 g/mol. The van der Waals surface area contributed by atoms with E-state index in [0.717, 1.165) is 25.3 Å². The van der Waals surface area contributed by atoms with Gasteiger partial charge in [0.15, 0.2) is 0 Å². The molecule has 0 saturated heterocycles. The lowest BCUT2D eigenvalue weighted by molar-refractivity contribution is -0.135. The Labute approximate surface area is 98.8 Å². The Morgan fingerprint density at radius 3 is 2.56 bits per heavy atom. The van der Waals surface area contributed by atoms with E-state index in [0.29, 0.717) is 0 Å². The van der Waals surface area contributed by atoms with E-state index < -0.39 is 0 Å². The lowest BCUT2D eigenvalue weighted by Gasteiger charge is -2.23. The molecule has 1 aliphatic carbocycles. The van der Waals surface area contributed by atoms with Crippen LogP contribution in [0.15, 0.2) is 0 Å². The number of hydrogen-bond acceptors (Lipinski definition) is 2. The summed E-state index contributed by atoms with van der Waals surface area (Å²) < 4.78 is 0. The van der Waals surface area contributed by atoms with Gasteiger partial charge in [0.1, 0.15) is 0 Å². The summed E-state index contributed by atoms with van der Waals surface area (Å²) in [6.45, 7) is 2.77. The van der Waals surface area contributed by atoms with E-state index >= 15 is 0 Å². The monoisotopic (exact) mass is 227 g/mol. The van der Waals surface area contributed by atoms with Crippen molar-refractivity contribution < 1.29 is 9.90 Å². The lowest BCUT2D eigenvalue weighted by Crippen LogP contribution is -2.35. The Balaban J connectivity index is 2.27. The van der Waals surface area contributed by atoms with Gasteiger partial charge in [0.05, 0.1) is 12.5 Å². The number of amides is 1. The fraction of sp³-hybridized carbons (Fsp3) is 0.923. The quantitative estimate of drug-likeness (QED) is 0.754. The standard InChI is InChI=1S/C13H25NO2/c1-3-12(10-15)13(16)14(2)9-8-11-6-4-5-7-11/h11-12,15H,3-10H2,1-2H3. The number of aliphatic hydroxyl groups is 1. The fourth-order valence-electron chi connectivity index (χ4n) is 2.48. The highest BCUT2D eigenvalue weighted by molar-refractivity contribution is 5.78. The highest BCUT2D eigenvalue weighted by atomic mass is 16.3. The Bertz CT molecular complexity index is 208. The topological polar surface area (TPSA) is 40.5 Å². The molecule has 1 atom stereocenters. The van der Waals surface area contributed by atoms with Crippen molar-refractivity contribution in [3.63, 3.8) is 0 Å². The molecule has 1 amide bonds. The van der Waals surface area contributed by atoms with Crippen LogP contribution in [0.4, 0.5) is 0 Å². The van der Waals surface area contributed by atoms with Gasteiger partial charge in [-0.25, -0.2) is 0 Å². The molecule has 0 radical (unpaired) electrons. The van der Waals surface area contributed by atoms with Gasteiger partial charge in [0, 0.05) is 13.6 Å². The summed E-state index contributed by atoms with van der Waals surface area (Å²) in [5, 5.41) is 9.08. The second kappa shape index (κ2) is 6.89. The van der Waals surface area contributed by atoms with E-state index in [1.54, 1.807) is 4.90 Å². The highest BCUT2D eigenvalue weighted by Crippen LogP contribution is 2.27. The molecule has 0 aromatic carbocycles. The summed E-state index contributed by atoms with van der Waals surface area (Å²) in [5.74, 6) is 0.723. The number of aliphatic hydroxyl groups excluding tert-OH is 1. The summed E-state index contributed by atoms with van der Waals surface area (Å²) in [6, 6.07) is 0. The van der Waals surface area contributed by atoms with Crippen LogP contribution in [0.25, 0.3) is 0 Å². The van der Waals surface area contributed by atoms with Crippen LogP contribution in [0.1, 0.15) is 45.4 Å². The maximum Gasteiger partial charge on any atom is 0.227 e. The molecule has 0 spiro atoms. The van der Waals surface area contributed by atoms with Gasteiger partial charge in [-0.3, -0.25) is 4.79 Å². The maximum absolute atomic E-state index is 11.9. The molecule has 1 fully saturated rings. The van der Waals surface area contributed by atoms with Gasteiger partial charge < -0.3 is 10.0 Å². The molecule has 0 bridgehead atoms. The van der Waals surface area contributed by atoms with Crippen LogP contribution >= 0.6 is 0 Å². The fourth-order valence-corrected chi connectivity index (χ4v) is 2.48. The first-order valence-corrected chi connectivity index (χ1v) is 6.54. The third-order valence-electron chi connectivity index (χ3n) is 3.79. The summed E-state index contributed by atoms with van der Waals surface area (Å²) in [7, 11) is 1.86. The Hall–Kier alpha value is -0.570. The molecule has 0 aromatic heterocycles. The van der Waals surface area contributed by atoms with Gasteiger partial charge in [0.25, 0.3) is 0 Å². The van der Waals surface area contributed by atoms with Crippen molar-refractivity contribution in [1.82, 2.24) is 4.90 Å². The second-order valence-corrected chi connectivity index (χ2v) is 4.99. The number of carbonyl (C=O) groups is 1. The third-order valence-corrected chi connectivity index (χ3v) is 3.79. The predicted octanol–water partition coefficient (Wildman–Crippen LogP) is 2.04. The molecule has 0 aliphatic heterocycles. The van der Waals surface area contributed by atoms with Gasteiger partial charge in [-0.15, -0.1) is 0 Å². The minimum atomic E-state index is -0.200. The summed E-state index contributed by atoms with van der Waals surface area (Å²) in [4.78, 5) is 13.7. The van der Waals surface area contributed by atoms with E-state index in [1.807, 2.05) is 14.0 Å². The van der Waals surface area contributed by atoms with Crippen molar-refractivity contribution in [3.8, 4) is 0 Å². The zero-order valence-electron chi connectivity index (χ0n) is 10.6. The zero-order chi connectivity index (χ0) is 12.0. The Kier molecular flexibility index (Phi) is 5.81. The number of nitrogens with zero attached hydrogens (tertiary/aromatic N) is 1. The van der Waals surface area contributed by atoms with Crippen LogP contribution in [-0.4, -0.2) is 36.1 Å². The van der Waals surface area contributed by atoms with E-state index in [-0.39, 0.29) is 18.4 Å². The number of carbonyl (C=O) groups excluding carboxylic acids is 1. The van der Waals surface area contributed by atoms with Gasteiger partial charge in [-0.2, -0.15) is 0 Å². The first-order valence-electron chi connectivity index (χ1n) is 6.54. The van der Waals surface area contributed by atoms with Gasteiger partial charge >= 0.3 is 0 Å². The minimum Gasteiger partial charge on any atom is -0.396 e. The van der Waals surface area contributed by atoms with Crippen molar-refractivity contribution >= 4 is 5.91 Å². The molecule has 94 valence electrons. The molecule has 1 aliphatic rings. The first kappa shape index (κ1) is 13.5. The Morgan fingerprint density at radius 1 is 1.44 bits per heavy atom. The molecule has 0 heterocycles. The number of hydrogen-bond donors (Lipinski definition) is 1. The van der Waals surface area contributed by atoms with Crippen LogP contribution in [0.3, 0.4) is 0 Å². The molecule has 16 heavy (non-hydrogen) atoms. The smallest absolute Gasteiger partial charge is 0.227 e. The SMILES string of the molecule is CCC(CO)C(=O)N(C)CCC1CCCC1. The number of rotatable bonds is 6. The molecule has 3 heteroatoms. The van der Waals surface area contributed by atoms with Crippen LogP contribution in [0.5, 0.6) is 0 Å². The zero-order valence-corrected chi connectivity index (χ0v) is 10.6. The van der Waals surface area contributed by atoms with Crippen LogP contribution < -0.4 is 0 Å². The minimum absolute atomic E-state index is 0.0247. The molecular formula is C13H25NO2. The van der Waals surface area contributed by atoms with Gasteiger partial charge in [-0.1, -0.05) is 32.6 Å². The van der Waals surface area contributed by atoms with Crippen molar-refractivity contribution in [2.75, 3.05) is 20.2 Å².